The molecule has 8 heteroatoms. The van der Waals surface area contributed by atoms with Crippen LogP contribution in [-0.2, 0) is 0 Å². The van der Waals surface area contributed by atoms with E-state index in [4.69, 9.17) is 4.52 Å². The molecule has 4 rings (SSSR count). The second-order valence-electron chi connectivity index (χ2n) is 4.49. The molecule has 0 unspecified atom stereocenters. The number of anilines is 1. The highest BCUT2D eigenvalue weighted by molar-refractivity contribution is 7.13. The summed E-state index contributed by atoms with van der Waals surface area (Å²) in [6.07, 6.45) is 5.71. The van der Waals surface area contributed by atoms with Crippen LogP contribution in [0.2, 0.25) is 0 Å². The molecule has 0 aliphatic carbocycles. The van der Waals surface area contributed by atoms with Crippen molar-refractivity contribution in [1.82, 2.24) is 20.1 Å². The van der Waals surface area contributed by atoms with Crippen LogP contribution < -0.4 is 4.90 Å². The fourth-order valence-corrected chi connectivity index (χ4v) is 3.67. The van der Waals surface area contributed by atoms with Crippen molar-refractivity contribution in [3.8, 4) is 10.7 Å². The second-order valence-corrected chi connectivity index (χ2v) is 6.25. The molecule has 0 bridgehead atoms. The molecule has 0 radical (unpaired) electrons. The van der Waals surface area contributed by atoms with E-state index in [1.807, 2.05) is 11.6 Å². The third-order valence-corrected chi connectivity index (χ3v) is 4.87. The van der Waals surface area contributed by atoms with Gasteiger partial charge in [0.1, 0.15) is 6.04 Å². The Labute approximate surface area is 123 Å². The fourth-order valence-electron chi connectivity index (χ4n) is 2.41. The number of rotatable bonds is 3. The average Bonchev–Trinajstić information content (AvgIpc) is 3.23. The van der Waals surface area contributed by atoms with E-state index >= 15 is 0 Å². The molecule has 0 saturated carbocycles. The number of hydrogen-bond donors (Lipinski definition) is 0. The highest BCUT2D eigenvalue weighted by Crippen LogP contribution is 2.36. The molecule has 0 aromatic carbocycles. The second kappa shape index (κ2) is 4.95. The molecule has 1 atom stereocenters. The molecule has 102 valence electrons. The molecule has 6 nitrogen and oxygen atoms in total. The van der Waals surface area contributed by atoms with E-state index in [0.29, 0.717) is 11.7 Å². The third kappa shape index (κ3) is 2.01. The molecular formula is C12H11N5OS2. The summed E-state index contributed by atoms with van der Waals surface area (Å²) in [6.45, 7) is 0.983. The van der Waals surface area contributed by atoms with Gasteiger partial charge in [-0.1, -0.05) is 5.16 Å². The minimum atomic E-state index is 0.135. The summed E-state index contributed by atoms with van der Waals surface area (Å²) < 4.78 is 5.45. The fraction of sp³-hybridized carbons (Fsp3) is 0.333. The average molecular weight is 305 g/mol. The Bertz CT molecular complexity index is 679. The van der Waals surface area contributed by atoms with Crippen LogP contribution in [0.4, 0.5) is 5.13 Å². The summed E-state index contributed by atoms with van der Waals surface area (Å²) in [5.41, 5.74) is 1.77. The van der Waals surface area contributed by atoms with Crippen molar-refractivity contribution < 1.29 is 4.52 Å². The van der Waals surface area contributed by atoms with Crippen LogP contribution in [0.1, 0.15) is 24.8 Å². The van der Waals surface area contributed by atoms with E-state index in [1.165, 1.54) is 11.3 Å². The van der Waals surface area contributed by atoms with Gasteiger partial charge in [-0.25, -0.2) is 4.98 Å². The van der Waals surface area contributed by atoms with Gasteiger partial charge in [0.15, 0.2) is 5.13 Å². The first-order valence-electron chi connectivity index (χ1n) is 6.30. The maximum Gasteiger partial charge on any atom is 0.249 e. The quantitative estimate of drug-likeness (QED) is 0.741. The largest absolute Gasteiger partial charge is 0.337 e. The lowest BCUT2D eigenvalue weighted by molar-refractivity contribution is 0.355. The van der Waals surface area contributed by atoms with Crippen molar-refractivity contribution in [2.45, 2.75) is 18.9 Å². The molecule has 1 saturated heterocycles. The molecule has 0 spiro atoms. The molecule has 3 aromatic heterocycles. The topological polar surface area (TPSA) is 67.9 Å². The van der Waals surface area contributed by atoms with E-state index in [-0.39, 0.29) is 6.04 Å². The van der Waals surface area contributed by atoms with Gasteiger partial charge >= 0.3 is 0 Å². The standard InChI is InChI=1S/C12H11N5OS2/c1-2-8(17(4-1)12-14-3-5-19-12)11-15-10(16-18-11)9-6-13-7-20-9/h3,5-8H,1-2,4H2/t8-/m0/s1. The predicted molar refractivity (Wildman–Crippen MR) is 76.8 cm³/mol. The minimum Gasteiger partial charge on any atom is -0.337 e. The molecular weight excluding hydrogens is 294 g/mol. The molecule has 20 heavy (non-hydrogen) atoms. The van der Waals surface area contributed by atoms with E-state index in [0.717, 1.165) is 29.4 Å². The lowest BCUT2D eigenvalue weighted by atomic mass is 10.2. The zero-order valence-corrected chi connectivity index (χ0v) is 12.1. The van der Waals surface area contributed by atoms with Crippen LogP contribution in [0, 0.1) is 0 Å². The van der Waals surface area contributed by atoms with Crippen LogP contribution in [0.5, 0.6) is 0 Å². The first kappa shape index (κ1) is 12.0. The predicted octanol–water partition coefficient (Wildman–Crippen LogP) is 2.99. The van der Waals surface area contributed by atoms with E-state index < -0.39 is 0 Å². The normalized spacial score (nSPS) is 18.8. The Kier molecular flexibility index (Phi) is 2.96. The molecule has 1 aliphatic rings. The Hall–Kier alpha value is -1.80. The van der Waals surface area contributed by atoms with E-state index in [9.17, 15) is 0 Å². The first-order valence-corrected chi connectivity index (χ1v) is 8.06. The van der Waals surface area contributed by atoms with Crippen molar-refractivity contribution in [2.24, 2.45) is 0 Å². The van der Waals surface area contributed by atoms with Crippen LogP contribution in [-0.4, -0.2) is 26.7 Å². The summed E-state index contributed by atoms with van der Waals surface area (Å²) in [5, 5.41) is 7.07. The number of hydrogen-bond acceptors (Lipinski definition) is 8. The van der Waals surface area contributed by atoms with Crippen molar-refractivity contribution in [1.29, 1.82) is 0 Å². The van der Waals surface area contributed by atoms with Crippen molar-refractivity contribution in [2.75, 3.05) is 11.4 Å². The molecule has 1 fully saturated rings. The Morgan fingerprint density at radius 3 is 3.15 bits per heavy atom. The summed E-state index contributed by atoms with van der Waals surface area (Å²) in [4.78, 5) is 16.1. The van der Waals surface area contributed by atoms with Gasteiger partial charge in [0.2, 0.25) is 11.7 Å². The van der Waals surface area contributed by atoms with Crippen LogP contribution in [0.15, 0.2) is 27.8 Å². The monoisotopic (exact) mass is 305 g/mol. The van der Waals surface area contributed by atoms with Gasteiger partial charge in [-0.2, -0.15) is 4.98 Å². The Morgan fingerprint density at radius 2 is 2.35 bits per heavy atom. The molecule has 3 aromatic rings. The summed E-state index contributed by atoms with van der Waals surface area (Å²) >= 11 is 3.15. The lowest BCUT2D eigenvalue weighted by Gasteiger charge is -2.20. The number of aromatic nitrogens is 4. The molecule has 4 heterocycles. The van der Waals surface area contributed by atoms with Crippen LogP contribution in [0.3, 0.4) is 0 Å². The van der Waals surface area contributed by atoms with Gasteiger partial charge in [0.25, 0.3) is 0 Å². The van der Waals surface area contributed by atoms with Gasteiger partial charge in [0, 0.05) is 24.3 Å². The Balaban J connectivity index is 1.64. The van der Waals surface area contributed by atoms with Crippen molar-refractivity contribution in [3.63, 3.8) is 0 Å². The molecule has 0 amide bonds. The minimum absolute atomic E-state index is 0.135. The van der Waals surface area contributed by atoms with Gasteiger partial charge < -0.3 is 9.42 Å². The highest BCUT2D eigenvalue weighted by atomic mass is 32.1. The maximum absolute atomic E-state index is 5.45. The lowest BCUT2D eigenvalue weighted by Crippen LogP contribution is -2.22. The maximum atomic E-state index is 5.45. The zero-order chi connectivity index (χ0) is 13.4. The van der Waals surface area contributed by atoms with Gasteiger partial charge in [-0.3, -0.25) is 4.98 Å². The van der Waals surface area contributed by atoms with Crippen molar-refractivity contribution >= 4 is 27.8 Å². The highest BCUT2D eigenvalue weighted by Gasteiger charge is 2.32. The first-order chi connectivity index (χ1) is 9.92. The molecule has 0 N–H and O–H groups in total. The zero-order valence-electron chi connectivity index (χ0n) is 10.5. The smallest absolute Gasteiger partial charge is 0.249 e. The SMILES string of the molecule is c1csc(N2CCC[C@H]2c2nc(-c3cncs3)no2)n1. The van der Waals surface area contributed by atoms with E-state index in [1.54, 1.807) is 23.0 Å². The molecule has 1 aliphatic heterocycles. The van der Waals surface area contributed by atoms with Gasteiger partial charge in [-0.05, 0) is 12.8 Å². The third-order valence-electron chi connectivity index (χ3n) is 3.30. The summed E-state index contributed by atoms with van der Waals surface area (Å²) in [6, 6.07) is 0.135. The van der Waals surface area contributed by atoms with Gasteiger partial charge in [0.05, 0.1) is 10.4 Å². The van der Waals surface area contributed by atoms with E-state index in [2.05, 4.69) is 25.0 Å². The number of nitrogens with zero attached hydrogens (tertiary/aromatic N) is 5. The summed E-state index contributed by atoms with van der Waals surface area (Å²) in [5.74, 6) is 1.29. The summed E-state index contributed by atoms with van der Waals surface area (Å²) in [7, 11) is 0. The Morgan fingerprint density at radius 1 is 1.35 bits per heavy atom. The van der Waals surface area contributed by atoms with Crippen molar-refractivity contribution in [3.05, 3.63) is 29.2 Å². The number of thiazole rings is 2. The van der Waals surface area contributed by atoms with Crippen LogP contribution >= 0.6 is 22.7 Å². The van der Waals surface area contributed by atoms with Gasteiger partial charge in [-0.15, -0.1) is 22.7 Å². The van der Waals surface area contributed by atoms with Crippen LogP contribution in [0.25, 0.3) is 10.7 Å².